The molecular weight excluding hydrogens is 336 g/mol. The molecule has 26 heavy (non-hydrogen) atoms. The quantitative estimate of drug-likeness (QED) is 0.791. The molecule has 1 amide bonds. The van der Waals surface area contributed by atoms with Crippen molar-refractivity contribution < 1.29 is 19.7 Å². The average Bonchev–Trinajstić information content (AvgIpc) is 2.62. The largest absolute Gasteiger partial charge is 0.390 e. The molecule has 1 aromatic rings. The Bertz CT molecular complexity index is 749. The van der Waals surface area contributed by atoms with Crippen LogP contribution in [0.15, 0.2) is 10.9 Å². The number of ether oxygens (including phenoxy) is 1. The highest BCUT2D eigenvalue weighted by atomic mass is 16.5. The van der Waals surface area contributed by atoms with E-state index in [2.05, 4.69) is 0 Å². The molecule has 0 aliphatic carbocycles. The smallest absolute Gasteiger partial charge is 0.263 e. The van der Waals surface area contributed by atoms with Crippen LogP contribution in [0.4, 0.5) is 0 Å². The minimum atomic E-state index is -0.844. The number of aliphatic hydroxyl groups is 2. The third kappa shape index (κ3) is 3.31. The monoisotopic (exact) mass is 364 g/mol. The SMILES string of the molecule is CCc1c(C)cc(C(=O)N2CCC3(CC2)C[C@@H](O)[C@@H](O)CO3)c(=O)n1C. The number of hydrogen-bond acceptors (Lipinski definition) is 5. The summed E-state index contributed by atoms with van der Waals surface area (Å²) in [7, 11) is 1.71. The van der Waals surface area contributed by atoms with Crippen LogP contribution in [0.1, 0.15) is 47.8 Å². The molecule has 1 aromatic heterocycles. The van der Waals surface area contributed by atoms with Gasteiger partial charge in [0.2, 0.25) is 0 Å². The summed E-state index contributed by atoms with van der Waals surface area (Å²) in [6, 6.07) is 1.70. The van der Waals surface area contributed by atoms with Gasteiger partial charge >= 0.3 is 0 Å². The van der Waals surface area contributed by atoms with Gasteiger partial charge in [-0.1, -0.05) is 6.92 Å². The van der Waals surface area contributed by atoms with Crippen LogP contribution in [0.25, 0.3) is 0 Å². The van der Waals surface area contributed by atoms with E-state index in [4.69, 9.17) is 4.74 Å². The predicted octanol–water partition coefficient (Wildman–Crippen LogP) is 0.373. The Hall–Kier alpha value is -1.70. The van der Waals surface area contributed by atoms with E-state index in [9.17, 15) is 19.8 Å². The summed E-state index contributed by atoms with van der Waals surface area (Å²) in [6.07, 6.45) is 0.668. The summed E-state index contributed by atoms with van der Waals surface area (Å²) in [5.41, 5.74) is 1.34. The van der Waals surface area contributed by atoms with Gasteiger partial charge in [0.1, 0.15) is 11.7 Å². The number of piperidine rings is 1. The molecule has 2 atom stereocenters. The highest BCUT2D eigenvalue weighted by Crippen LogP contribution is 2.35. The number of carbonyl (C=O) groups is 1. The second kappa shape index (κ2) is 7.13. The Balaban J connectivity index is 1.75. The van der Waals surface area contributed by atoms with E-state index in [0.29, 0.717) is 32.4 Å². The van der Waals surface area contributed by atoms with E-state index >= 15 is 0 Å². The number of nitrogens with zero attached hydrogens (tertiary/aromatic N) is 2. The molecule has 2 N–H and O–H groups in total. The normalized spacial score (nSPS) is 25.5. The van der Waals surface area contributed by atoms with Gasteiger partial charge in [0.05, 0.1) is 18.3 Å². The van der Waals surface area contributed by atoms with Crippen LogP contribution in [-0.2, 0) is 18.2 Å². The standard InChI is InChI=1S/C19H28N2O5/c1-4-14-12(2)9-13(17(24)20(14)3)18(25)21-7-5-19(6-8-21)10-15(22)16(23)11-26-19/h9,15-16,22-23H,4-8,10-11H2,1-3H3/t15-,16+/m1/s1. The molecule has 0 radical (unpaired) electrons. The Morgan fingerprint density at radius 3 is 2.54 bits per heavy atom. The summed E-state index contributed by atoms with van der Waals surface area (Å²) in [6.45, 7) is 4.97. The van der Waals surface area contributed by atoms with Crippen molar-refractivity contribution in [2.75, 3.05) is 19.7 Å². The van der Waals surface area contributed by atoms with Gasteiger partial charge in [-0.3, -0.25) is 9.59 Å². The molecule has 2 aliphatic heterocycles. The number of aliphatic hydroxyl groups excluding tert-OH is 2. The molecule has 3 heterocycles. The number of pyridine rings is 1. The first-order valence-corrected chi connectivity index (χ1v) is 9.27. The highest BCUT2D eigenvalue weighted by Gasteiger charge is 2.43. The number of rotatable bonds is 2. The molecule has 7 heteroatoms. The molecule has 2 saturated heterocycles. The molecule has 0 saturated carbocycles. The van der Waals surface area contributed by atoms with Crippen LogP contribution in [0.5, 0.6) is 0 Å². The van der Waals surface area contributed by atoms with Crippen molar-refractivity contribution in [3.05, 3.63) is 33.2 Å². The number of likely N-dealkylation sites (tertiary alicyclic amines) is 1. The lowest BCUT2D eigenvalue weighted by Gasteiger charge is -2.46. The lowest BCUT2D eigenvalue weighted by Crippen LogP contribution is -2.55. The molecule has 0 bridgehead atoms. The van der Waals surface area contributed by atoms with Gasteiger partial charge in [-0.15, -0.1) is 0 Å². The van der Waals surface area contributed by atoms with Gasteiger partial charge in [-0.25, -0.2) is 0 Å². The Labute approximate surface area is 153 Å². The van der Waals surface area contributed by atoms with Crippen LogP contribution in [0.3, 0.4) is 0 Å². The maximum absolute atomic E-state index is 12.9. The Morgan fingerprint density at radius 1 is 1.31 bits per heavy atom. The van der Waals surface area contributed by atoms with Gasteiger partial charge in [0.25, 0.3) is 11.5 Å². The number of hydrogen-bond donors (Lipinski definition) is 2. The molecule has 3 rings (SSSR count). The van der Waals surface area contributed by atoms with E-state index in [1.165, 1.54) is 0 Å². The number of amides is 1. The first kappa shape index (κ1) is 19.1. The van der Waals surface area contributed by atoms with Crippen LogP contribution >= 0.6 is 0 Å². The Kier molecular flexibility index (Phi) is 5.23. The van der Waals surface area contributed by atoms with Crippen molar-refractivity contribution in [2.24, 2.45) is 7.05 Å². The van der Waals surface area contributed by atoms with Crippen LogP contribution in [0.2, 0.25) is 0 Å². The minimum Gasteiger partial charge on any atom is -0.390 e. The fourth-order valence-corrected chi connectivity index (χ4v) is 4.18. The molecule has 2 fully saturated rings. The minimum absolute atomic E-state index is 0.118. The predicted molar refractivity (Wildman–Crippen MR) is 96.2 cm³/mol. The molecule has 7 nitrogen and oxygen atoms in total. The van der Waals surface area contributed by atoms with Crippen LogP contribution < -0.4 is 5.56 Å². The molecular formula is C19H28N2O5. The van der Waals surface area contributed by atoms with Crippen molar-refractivity contribution in [2.45, 2.75) is 57.3 Å². The van der Waals surface area contributed by atoms with Crippen molar-refractivity contribution in [1.82, 2.24) is 9.47 Å². The second-order valence-corrected chi connectivity index (χ2v) is 7.53. The first-order chi connectivity index (χ1) is 12.3. The molecule has 0 aromatic carbocycles. The van der Waals surface area contributed by atoms with Gasteiger partial charge in [0.15, 0.2) is 0 Å². The maximum Gasteiger partial charge on any atom is 0.263 e. The van der Waals surface area contributed by atoms with Crippen LogP contribution in [0, 0.1) is 6.92 Å². The van der Waals surface area contributed by atoms with E-state index in [-0.39, 0.29) is 23.6 Å². The number of carbonyl (C=O) groups excluding carboxylic acids is 1. The summed E-state index contributed by atoms with van der Waals surface area (Å²) >= 11 is 0. The zero-order valence-electron chi connectivity index (χ0n) is 15.7. The summed E-state index contributed by atoms with van der Waals surface area (Å²) in [5.74, 6) is -0.248. The fourth-order valence-electron chi connectivity index (χ4n) is 4.18. The molecule has 2 aliphatic rings. The second-order valence-electron chi connectivity index (χ2n) is 7.53. The van der Waals surface area contributed by atoms with Gasteiger partial charge in [-0.2, -0.15) is 0 Å². The molecule has 144 valence electrons. The zero-order chi connectivity index (χ0) is 19.1. The summed E-state index contributed by atoms with van der Waals surface area (Å²) in [4.78, 5) is 27.2. The van der Waals surface area contributed by atoms with E-state index in [0.717, 1.165) is 17.7 Å². The fraction of sp³-hybridized carbons (Fsp3) is 0.684. The highest BCUT2D eigenvalue weighted by molar-refractivity contribution is 5.94. The lowest BCUT2D eigenvalue weighted by molar-refractivity contribution is -0.185. The van der Waals surface area contributed by atoms with E-state index in [1.54, 1.807) is 22.6 Å². The number of aryl methyl sites for hydroxylation is 1. The summed E-state index contributed by atoms with van der Waals surface area (Å²) < 4.78 is 7.37. The van der Waals surface area contributed by atoms with E-state index in [1.807, 2.05) is 13.8 Å². The van der Waals surface area contributed by atoms with Gasteiger partial charge in [0, 0.05) is 32.3 Å². The van der Waals surface area contributed by atoms with Crippen LogP contribution in [-0.4, -0.2) is 63.1 Å². The van der Waals surface area contributed by atoms with Crippen molar-refractivity contribution >= 4 is 5.91 Å². The number of aromatic nitrogens is 1. The topological polar surface area (TPSA) is 92.0 Å². The Morgan fingerprint density at radius 2 is 1.96 bits per heavy atom. The van der Waals surface area contributed by atoms with Gasteiger partial charge in [-0.05, 0) is 37.8 Å². The van der Waals surface area contributed by atoms with Gasteiger partial charge < -0.3 is 24.4 Å². The van der Waals surface area contributed by atoms with Crippen molar-refractivity contribution in [1.29, 1.82) is 0 Å². The van der Waals surface area contributed by atoms with Crippen molar-refractivity contribution in [3.8, 4) is 0 Å². The summed E-state index contributed by atoms with van der Waals surface area (Å²) in [5, 5.41) is 19.6. The zero-order valence-corrected chi connectivity index (χ0v) is 15.7. The first-order valence-electron chi connectivity index (χ1n) is 9.27. The lowest BCUT2D eigenvalue weighted by atomic mass is 9.82. The third-order valence-electron chi connectivity index (χ3n) is 5.87. The molecule has 0 unspecified atom stereocenters. The maximum atomic E-state index is 12.9. The van der Waals surface area contributed by atoms with E-state index < -0.39 is 17.8 Å². The third-order valence-corrected chi connectivity index (χ3v) is 5.87. The molecule has 1 spiro atoms. The van der Waals surface area contributed by atoms with Crippen molar-refractivity contribution in [3.63, 3.8) is 0 Å². The average molecular weight is 364 g/mol.